The summed E-state index contributed by atoms with van der Waals surface area (Å²) in [4.78, 5) is 47.3. The van der Waals surface area contributed by atoms with E-state index in [0.29, 0.717) is 6.42 Å². The smallest absolute Gasteiger partial charge is 0.303 e. The van der Waals surface area contributed by atoms with E-state index in [0.717, 1.165) is 30.6 Å². The van der Waals surface area contributed by atoms with Crippen LogP contribution in [0.5, 0.6) is 0 Å². The van der Waals surface area contributed by atoms with Crippen LogP contribution in [0.2, 0.25) is 0 Å². The molecule has 1 aliphatic heterocycles. The van der Waals surface area contributed by atoms with Crippen LogP contribution in [0.3, 0.4) is 0 Å². The fraction of sp³-hybridized carbons (Fsp3) is 0.833. The summed E-state index contributed by atoms with van der Waals surface area (Å²) < 4.78 is 33.4. The normalized spacial score (nSPS) is 23.0. The highest BCUT2D eigenvalue weighted by Gasteiger charge is 2.52. The first kappa shape index (κ1) is 41.6. The third-order valence-corrected chi connectivity index (χ3v) is 8.21. The van der Waals surface area contributed by atoms with Crippen molar-refractivity contribution in [3.05, 3.63) is 11.6 Å². The molecule has 0 spiro atoms. The Morgan fingerprint density at radius 1 is 0.652 bits per heavy atom. The summed E-state index contributed by atoms with van der Waals surface area (Å²) in [7, 11) is 0. The summed E-state index contributed by atoms with van der Waals surface area (Å²) in [5.74, 6) is -0.200. The third kappa shape index (κ3) is 18.6. The molecule has 0 aromatic heterocycles. The molecule has 1 aliphatic rings. The molecule has 0 radical (unpaired) electrons. The molecular formula is C36H62O10. The zero-order valence-corrected chi connectivity index (χ0v) is 30.0. The maximum Gasteiger partial charge on any atom is 0.303 e. The van der Waals surface area contributed by atoms with E-state index in [1.807, 2.05) is 0 Å². The quantitative estimate of drug-likeness (QED) is 0.0510. The van der Waals surface area contributed by atoms with E-state index < -0.39 is 54.6 Å². The molecule has 0 amide bonds. The standard InChI is InChI=1S/C36H62O10/c1-24(2)15-12-17-26(4)19-14-21-27(5)20-13-18-25(3)16-10-11-22-41-36-35(45-31(9)40)34(44-30(8)39)33(43-29(7)38)32(46-36)23-42-28(6)37/h16,24,26-27,32-36H,10-15,17-23H2,1-9H3/t26?,27?,32-,33-,34+,35-,36?/m1/s1. The van der Waals surface area contributed by atoms with Crippen molar-refractivity contribution in [1.82, 2.24) is 0 Å². The fourth-order valence-corrected chi connectivity index (χ4v) is 5.76. The van der Waals surface area contributed by atoms with Gasteiger partial charge in [-0.1, -0.05) is 84.3 Å². The third-order valence-electron chi connectivity index (χ3n) is 8.21. The molecule has 1 rings (SSSR count). The molecule has 1 saturated heterocycles. The lowest BCUT2D eigenvalue weighted by Gasteiger charge is -2.44. The van der Waals surface area contributed by atoms with Crippen LogP contribution in [0, 0.1) is 17.8 Å². The Labute approximate surface area is 277 Å². The summed E-state index contributed by atoms with van der Waals surface area (Å²) >= 11 is 0. The zero-order chi connectivity index (χ0) is 34.6. The Balaban J connectivity index is 2.60. The van der Waals surface area contributed by atoms with Gasteiger partial charge in [0.2, 0.25) is 0 Å². The molecule has 1 heterocycles. The van der Waals surface area contributed by atoms with Crippen molar-refractivity contribution in [2.24, 2.45) is 17.8 Å². The minimum Gasteiger partial charge on any atom is -0.463 e. The largest absolute Gasteiger partial charge is 0.463 e. The molecule has 0 saturated carbocycles. The van der Waals surface area contributed by atoms with E-state index in [4.69, 9.17) is 28.4 Å². The summed E-state index contributed by atoms with van der Waals surface area (Å²) in [5.41, 5.74) is 1.35. The molecule has 1 fully saturated rings. The van der Waals surface area contributed by atoms with E-state index in [1.165, 1.54) is 84.6 Å². The Morgan fingerprint density at radius 3 is 1.72 bits per heavy atom. The topological polar surface area (TPSA) is 124 Å². The molecule has 7 atom stereocenters. The zero-order valence-electron chi connectivity index (χ0n) is 30.0. The van der Waals surface area contributed by atoms with E-state index in [9.17, 15) is 19.2 Å². The lowest BCUT2D eigenvalue weighted by Crippen LogP contribution is -2.63. The van der Waals surface area contributed by atoms with Crippen molar-refractivity contribution in [3.63, 3.8) is 0 Å². The van der Waals surface area contributed by atoms with Gasteiger partial charge in [0.15, 0.2) is 24.6 Å². The lowest BCUT2D eigenvalue weighted by molar-refractivity contribution is -0.308. The maximum absolute atomic E-state index is 12.0. The number of allylic oxidation sites excluding steroid dienone is 2. The number of hydrogen-bond donors (Lipinski definition) is 0. The van der Waals surface area contributed by atoms with Crippen molar-refractivity contribution >= 4 is 23.9 Å². The van der Waals surface area contributed by atoms with Crippen LogP contribution >= 0.6 is 0 Å². The van der Waals surface area contributed by atoms with Crippen molar-refractivity contribution in [1.29, 1.82) is 0 Å². The van der Waals surface area contributed by atoms with Gasteiger partial charge in [-0.3, -0.25) is 19.2 Å². The molecule has 266 valence electrons. The van der Waals surface area contributed by atoms with Crippen LogP contribution in [0.15, 0.2) is 11.6 Å². The number of carbonyl (C=O) groups excluding carboxylic acids is 4. The molecule has 0 aromatic rings. The predicted molar refractivity (Wildman–Crippen MR) is 176 cm³/mol. The van der Waals surface area contributed by atoms with Crippen LogP contribution in [-0.2, 0) is 47.6 Å². The fourth-order valence-electron chi connectivity index (χ4n) is 5.76. The molecule has 3 unspecified atom stereocenters. The first-order chi connectivity index (χ1) is 21.7. The number of esters is 4. The molecular weight excluding hydrogens is 592 g/mol. The van der Waals surface area contributed by atoms with Gasteiger partial charge in [-0.15, -0.1) is 0 Å². The van der Waals surface area contributed by atoms with E-state index >= 15 is 0 Å². The first-order valence-corrected chi connectivity index (χ1v) is 17.3. The molecule has 46 heavy (non-hydrogen) atoms. The molecule has 10 nitrogen and oxygen atoms in total. The minimum atomic E-state index is -1.23. The van der Waals surface area contributed by atoms with Gasteiger partial charge in [-0.25, -0.2) is 0 Å². The molecule has 0 bridgehead atoms. The molecule has 0 aliphatic carbocycles. The van der Waals surface area contributed by atoms with Gasteiger partial charge in [0.05, 0.1) is 6.61 Å². The Bertz CT molecular complexity index is 945. The highest BCUT2D eigenvalue weighted by atomic mass is 16.7. The monoisotopic (exact) mass is 654 g/mol. The van der Waals surface area contributed by atoms with Crippen LogP contribution in [0.25, 0.3) is 0 Å². The van der Waals surface area contributed by atoms with Gasteiger partial charge in [0, 0.05) is 27.7 Å². The molecule has 0 N–H and O–H groups in total. The van der Waals surface area contributed by atoms with Crippen molar-refractivity contribution in [2.45, 2.75) is 164 Å². The van der Waals surface area contributed by atoms with Crippen LogP contribution in [0.1, 0.15) is 133 Å². The summed E-state index contributed by atoms with van der Waals surface area (Å²) in [5, 5.41) is 0. The predicted octanol–water partition coefficient (Wildman–Crippen LogP) is 7.25. The summed E-state index contributed by atoms with van der Waals surface area (Å²) in [6.07, 6.45) is 9.37. The number of ether oxygens (including phenoxy) is 6. The summed E-state index contributed by atoms with van der Waals surface area (Å²) in [6, 6.07) is 0. The van der Waals surface area contributed by atoms with Gasteiger partial charge in [0.1, 0.15) is 12.7 Å². The average Bonchev–Trinajstić information content (AvgIpc) is 2.93. The van der Waals surface area contributed by atoms with Crippen LogP contribution < -0.4 is 0 Å². The second kappa shape index (κ2) is 23.0. The Morgan fingerprint density at radius 2 is 1.17 bits per heavy atom. The van der Waals surface area contributed by atoms with Gasteiger partial charge in [-0.2, -0.15) is 0 Å². The SMILES string of the molecule is CC(=O)OC[C@H]1OC(OCCCC=C(C)CCCC(C)CCCC(C)CCCC(C)C)[C@H](OC(C)=O)[C@@H](OC(C)=O)[C@@H]1OC(C)=O. The van der Waals surface area contributed by atoms with E-state index in [1.54, 1.807) is 0 Å². The number of carbonyl (C=O) groups is 4. The van der Waals surface area contributed by atoms with Crippen LogP contribution in [-0.4, -0.2) is 67.8 Å². The first-order valence-electron chi connectivity index (χ1n) is 17.3. The van der Waals surface area contributed by atoms with Crippen molar-refractivity contribution < 1.29 is 47.6 Å². The lowest BCUT2D eigenvalue weighted by atomic mass is 9.91. The second-order valence-electron chi connectivity index (χ2n) is 13.5. The number of unbranched alkanes of at least 4 members (excludes halogenated alkanes) is 1. The minimum absolute atomic E-state index is 0.268. The Kier molecular flexibility index (Phi) is 20.7. The highest BCUT2D eigenvalue weighted by Crippen LogP contribution is 2.30. The number of hydrogen-bond acceptors (Lipinski definition) is 10. The molecule has 0 aromatic carbocycles. The van der Waals surface area contributed by atoms with Crippen LogP contribution in [0.4, 0.5) is 0 Å². The van der Waals surface area contributed by atoms with E-state index in [-0.39, 0.29) is 13.2 Å². The highest BCUT2D eigenvalue weighted by molar-refractivity contribution is 5.68. The van der Waals surface area contributed by atoms with Gasteiger partial charge < -0.3 is 28.4 Å². The summed E-state index contributed by atoms with van der Waals surface area (Å²) in [6.45, 7) is 16.3. The number of rotatable bonds is 22. The average molecular weight is 655 g/mol. The van der Waals surface area contributed by atoms with E-state index in [2.05, 4.69) is 40.7 Å². The van der Waals surface area contributed by atoms with Crippen molar-refractivity contribution in [2.75, 3.05) is 13.2 Å². The van der Waals surface area contributed by atoms with Crippen molar-refractivity contribution in [3.8, 4) is 0 Å². The Hall–Kier alpha value is -2.46. The second-order valence-corrected chi connectivity index (χ2v) is 13.5. The van der Waals surface area contributed by atoms with Gasteiger partial charge >= 0.3 is 23.9 Å². The van der Waals surface area contributed by atoms with Gasteiger partial charge in [0.25, 0.3) is 0 Å². The molecule has 10 heteroatoms. The maximum atomic E-state index is 12.0. The van der Waals surface area contributed by atoms with Gasteiger partial charge in [-0.05, 0) is 50.4 Å².